The summed E-state index contributed by atoms with van der Waals surface area (Å²) in [6, 6.07) is 13.7. The van der Waals surface area contributed by atoms with Gasteiger partial charge in [-0.25, -0.2) is 0 Å². The molecule has 0 saturated heterocycles. The Labute approximate surface area is 149 Å². The minimum atomic E-state index is 0.626. The largest absolute Gasteiger partial charge is 0.122 e. The molecule has 1 unspecified atom stereocenters. The predicted octanol–water partition coefficient (Wildman–Crippen LogP) is 5.66. The number of aryl methyl sites for hydroxylation is 3. The summed E-state index contributed by atoms with van der Waals surface area (Å²) in [7, 11) is 0.772. The van der Waals surface area contributed by atoms with Crippen molar-refractivity contribution in [1.29, 1.82) is 0 Å². The van der Waals surface area contributed by atoms with E-state index in [9.17, 15) is 0 Å². The van der Waals surface area contributed by atoms with E-state index in [4.69, 9.17) is 0 Å². The molecule has 2 radical (unpaired) electrons. The standard InChI is InChI=1S/C23H28Si/c1-5-6-7-10-19-15-22(21-12-9-8-11-20(19)21)24-23-17(3)13-16(2)14-18(23)4/h8-9,11-15,19H,5-7,10H2,1-4H3. The summed E-state index contributed by atoms with van der Waals surface area (Å²) in [6.45, 7) is 9.01. The third-order valence-corrected chi connectivity index (χ3v) is 6.82. The molecular weight excluding hydrogens is 304 g/mol. The van der Waals surface area contributed by atoms with Crippen LogP contribution in [0.1, 0.15) is 66.3 Å². The van der Waals surface area contributed by atoms with Gasteiger partial charge in [-0.1, -0.05) is 95.7 Å². The average Bonchev–Trinajstić information content (AvgIpc) is 2.89. The Hall–Kier alpha value is -1.60. The summed E-state index contributed by atoms with van der Waals surface area (Å²) >= 11 is 0. The second-order valence-electron chi connectivity index (χ2n) is 7.17. The molecular formula is C23H28Si. The topological polar surface area (TPSA) is 0 Å². The highest BCUT2D eigenvalue weighted by molar-refractivity contribution is 6.74. The van der Waals surface area contributed by atoms with Crippen molar-refractivity contribution in [3.8, 4) is 0 Å². The van der Waals surface area contributed by atoms with Crippen LogP contribution < -0.4 is 5.19 Å². The van der Waals surface area contributed by atoms with Crippen molar-refractivity contribution >= 4 is 19.9 Å². The molecule has 0 nitrogen and oxygen atoms in total. The van der Waals surface area contributed by atoms with Gasteiger partial charge in [-0.2, -0.15) is 0 Å². The minimum absolute atomic E-state index is 0.626. The van der Waals surface area contributed by atoms with E-state index in [-0.39, 0.29) is 0 Å². The number of allylic oxidation sites excluding steroid dienone is 1. The van der Waals surface area contributed by atoms with Gasteiger partial charge >= 0.3 is 0 Å². The maximum absolute atomic E-state index is 2.57. The first-order valence-electron chi connectivity index (χ1n) is 9.26. The van der Waals surface area contributed by atoms with Crippen LogP contribution in [0.5, 0.6) is 0 Å². The molecule has 1 heteroatoms. The highest BCUT2D eigenvalue weighted by Crippen LogP contribution is 2.38. The van der Waals surface area contributed by atoms with Gasteiger partial charge in [0.05, 0.1) is 0 Å². The van der Waals surface area contributed by atoms with Crippen LogP contribution in [0, 0.1) is 20.8 Å². The van der Waals surface area contributed by atoms with Gasteiger partial charge in [-0.05, 0) is 38.3 Å². The second kappa shape index (κ2) is 7.52. The third kappa shape index (κ3) is 3.56. The Morgan fingerprint density at radius 1 is 0.958 bits per heavy atom. The molecule has 0 aromatic heterocycles. The fourth-order valence-electron chi connectivity index (χ4n) is 3.92. The van der Waals surface area contributed by atoms with Crippen molar-refractivity contribution in [2.45, 2.75) is 59.3 Å². The van der Waals surface area contributed by atoms with Gasteiger partial charge in [0.2, 0.25) is 0 Å². The van der Waals surface area contributed by atoms with E-state index in [2.05, 4.69) is 70.2 Å². The van der Waals surface area contributed by atoms with E-state index in [1.165, 1.54) is 53.1 Å². The van der Waals surface area contributed by atoms with Crippen molar-refractivity contribution in [3.63, 3.8) is 0 Å². The Bertz CT molecular complexity index is 731. The molecule has 0 fully saturated rings. The lowest BCUT2D eigenvalue weighted by Crippen LogP contribution is -2.22. The van der Waals surface area contributed by atoms with Gasteiger partial charge in [-0.15, -0.1) is 0 Å². The van der Waals surface area contributed by atoms with Crippen molar-refractivity contribution in [3.05, 3.63) is 70.3 Å². The maximum atomic E-state index is 2.57. The minimum Gasteiger partial charge on any atom is -0.0772 e. The van der Waals surface area contributed by atoms with E-state index < -0.39 is 0 Å². The fourth-order valence-corrected chi connectivity index (χ4v) is 5.38. The first-order chi connectivity index (χ1) is 11.6. The zero-order chi connectivity index (χ0) is 17.1. The number of hydrogen-bond acceptors (Lipinski definition) is 0. The summed E-state index contributed by atoms with van der Waals surface area (Å²) in [6.07, 6.45) is 7.85. The zero-order valence-electron chi connectivity index (χ0n) is 15.4. The lowest BCUT2D eigenvalue weighted by Gasteiger charge is -2.12. The predicted molar refractivity (Wildman–Crippen MR) is 107 cm³/mol. The Balaban J connectivity index is 1.89. The molecule has 2 aromatic rings. The van der Waals surface area contributed by atoms with Gasteiger partial charge in [0, 0.05) is 5.92 Å². The van der Waals surface area contributed by atoms with Gasteiger partial charge in [0.1, 0.15) is 9.52 Å². The summed E-state index contributed by atoms with van der Waals surface area (Å²) in [5.74, 6) is 0.626. The third-order valence-electron chi connectivity index (χ3n) is 5.07. The maximum Gasteiger partial charge on any atom is 0.122 e. The van der Waals surface area contributed by atoms with Crippen molar-refractivity contribution in [2.24, 2.45) is 0 Å². The number of benzene rings is 2. The molecule has 0 aliphatic heterocycles. The van der Waals surface area contributed by atoms with Crippen LogP contribution in [0.2, 0.25) is 0 Å². The Morgan fingerprint density at radius 2 is 1.67 bits per heavy atom. The Kier molecular flexibility index (Phi) is 5.40. The molecule has 24 heavy (non-hydrogen) atoms. The second-order valence-corrected chi connectivity index (χ2v) is 8.46. The molecule has 0 bridgehead atoms. The first-order valence-corrected chi connectivity index (χ1v) is 10.3. The fraction of sp³-hybridized carbons (Fsp3) is 0.391. The molecule has 1 aliphatic carbocycles. The van der Waals surface area contributed by atoms with Crippen LogP contribution in [0.3, 0.4) is 0 Å². The molecule has 0 saturated carbocycles. The molecule has 0 spiro atoms. The first kappa shape index (κ1) is 17.2. The van der Waals surface area contributed by atoms with Crippen LogP contribution in [0.15, 0.2) is 42.5 Å². The van der Waals surface area contributed by atoms with Crippen LogP contribution in [0.4, 0.5) is 0 Å². The molecule has 2 aromatic carbocycles. The molecule has 1 aliphatic rings. The molecule has 0 amide bonds. The lowest BCUT2D eigenvalue weighted by molar-refractivity contribution is 0.632. The SMILES string of the molecule is CCCCCC1C=C([Si]c2c(C)cc(C)cc2C)c2ccccc21. The summed E-state index contributed by atoms with van der Waals surface area (Å²) in [5, 5.41) is 3.10. The van der Waals surface area contributed by atoms with Gasteiger partial charge in [0.25, 0.3) is 0 Å². The molecule has 0 heterocycles. The van der Waals surface area contributed by atoms with Gasteiger partial charge < -0.3 is 0 Å². The summed E-state index contributed by atoms with van der Waals surface area (Å²) in [4.78, 5) is 0. The van der Waals surface area contributed by atoms with Crippen molar-refractivity contribution in [1.82, 2.24) is 0 Å². The monoisotopic (exact) mass is 332 g/mol. The summed E-state index contributed by atoms with van der Waals surface area (Å²) in [5.41, 5.74) is 7.31. The van der Waals surface area contributed by atoms with Crippen molar-refractivity contribution < 1.29 is 0 Å². The van der Waals surface area contributed by atoms with Crippen LogP contribution in [-0.4, -0.2) is 9.52 Å². The normalized spacial score (nSPS) is 16.2. The zero-order valence-corrected chi connectivity index (χ0v) is 16.4. The molecule has 0 N–H and O–H groups in total. The van der Waals surface area contributed by atoms with Crippen LogP contribution in [0.25, 0.3) is 5.20 Å². The van der Waals surface area contributed by atoms with Crippen LogP contribution in [-0.2, 0) is 0 Å². The van der Waals surface area contributed by atoms with E-state index in [0.717, 1.165) is 9.52 Å². The quantitative estimate of drug-likeness (QED) is 0.473. The smallest absolute Gasteiger partial charge is 0.0772 e. The number of rotatable bonds is 6. The van der Waals surface area contributed by atoms with Gasteiger partial charge in [0.15, 0.2) is 0 Å². The molecule has 124 valence electrons. The van der Waals surface area contributed by atoms with E-state index in [0.29, 0.717) is 5.92 Å². The average molecular weight is 333 g/mol. The number of fused-ring (bicyclic) bond motifs is 1. The van der Waals surface area contributed by atoms with E-state index in [1.807, 2.05) is 0 Å². The lowest BCUT2D eigenvalue weighted by atomic mass is 9.95. The van der Waals surface area contributed by atoms with E-state index in [1.54, 1.807) is 10.8 Å². The summed E-state index contributed by atoms with van der Waals surface area (Å²) < 4.78 is 0. The number of hydrogen-bond donors (Lipinski definition) is 0. The number of unbranched alkanes of at least 4 members (excludes halogenated alkanes) is 2. The van der Waals surface area contributed by atoms with Gasteiger partial charge in [-0.3, -0.25) is 0 Å². The molecule has 1 atom stereocenters. The van der Waals surface area contributed by atoms with Crippen molar-refractivity contribution in [2.75, 3.05) is 0 Å². The highest BCUT2D eigenvalue weighted by atomic mass is 28.2. The Morgan fingerprint density at radius 3 is 2.38 bits per heavy atom. The van der Waals surface area contributed by atoms with Crippen LogP contribution >= 0.6 is 0 Å². The van der Waals surface area contributed by atoms with E-state index >= 15 is 0 Å². The highest BCUT2D eigenvalue weighted by Gasteiger charge is 2.23. The molecule has 3 rings (SSSR count).